The van der Waals surface area contributed by atoms with E-state index >= 15 is 0 Å². The molecule has 0 atom stereocenters. The average molecular weight is 314 g/mol. The summed E-state index contributed by atoms with van der Waals surface area (Å²) in [4.78, 5) is 10.1. The van der Waals surface area contributed by atoms with Crippen LogP contribution in [0.5, 0.6) is 5.75 Å². The summed E-state index contributed by atoms with van der Waals surface area (Å²) in [6, 6.07) is 6.11. The van der Waals surface area contributed by atoms with E-state index in [-0.39, 0.29) is 0 Å². The van der Waals surface area contributed by atoms with Gasteiger partial charge in [0.15, 0.2) is 0 Å². The van der Waals surface area contributed by atoms with Gasteiger partial charge >= 0.3 is 0 Å². The van der Waals surface area contributed by atoms with Gasteiger partial charge in [0.1, 0.15) is 11.6 Å². The fourth-order valence-corrected chi connectivity index (χ4v) is 2.78. The van der Waals surface area contributed by atoms with Crippen molar-refractivity contribution in [2.45, 2.75) is 6.54 Å². The molecule has 0 bridgehead atoms. The van der Waals surface area contributed by atoms with Crippen LogP contribution in [0.15, 0.2) is 47.0 Å². The molecule has 2 aromatic heterocycles. The maximum absolute atomic E-state index is 5.24. The Balaban J connectivity index is 1.76. The number of nitrogens with zero attached hydrogens (tertiary/aromatic N) is 2. The topological polar surface area (TPSA) is 58.5 Å². The molecular formula is C16H18N4OS. The van der Waals surface area contributed by atoms with E-state index in [0.717, 1.165) is 35.9 Å². The lowest BCUT2D eigenvalue weighted by atomic mass is 10.2. The number of pyridine rings is 1. The molecule has 0 aromatic carbocycles. The molecule has 5 nitrogen and oxygen atoms in total. The second kappa shape index (κ2) is 7.20. The first-order valence-corrected chi connectivity index (χ1v) is 7.96. The first-order valence-electron chi connectivity index (χ1n) is 7.08. The zero-order valence-corrected chi connectivity index (χ0v) is 13.2. The lowest BCUT2D eigenvalue weighted by molar-refractivity contribution is 0.412. The van der Waals surface area contributed by atoms with Crippen molar-refractivity contribution < 1.29 is 4.74 Å². The van der Waals surface area contributed by atoms with Crippen LogP contribution >= 0.6 is 11.3 Å². The van der Waals surface area contributed by atoms with Crippen LogP contribution in [0.4, 0.5) is 0 Å². The molecule has 0 radical (unpaired) electrons. The van der Waals surface area contributed by atoms with Crippen molar-refractivity contribution in [2.75, 3.05) is 20.2 Å². The Hall–Kier alpha value is -2.18. The van der Waals surface area contributed by atoms with Gasteiger partial charge < -0.3 is 15.4 Å². The second-order valence-electron chi connectivity index (χ2n) is 4.83. The average Bonchev–Trinajstić information content (AvgIpc) is 2.97. The molecule has 0 saturated carbocycles. The summed E-state index contributed by atoms with van der Waals surface area (Å²) < 4.78 is 5.24. The van der Waals surface area contributed by atoms with Gasteiger partial charge in [-0.05, 0) is 23.6 Å². The third kappa shape index (κ3) is 3.72. The van der Waals surface area contributed by atoms with Crippen molar-refractivity contribution in [2.24, 2.45) is 4.99 Å². The monoisotopic (exact) mass is 314 g/mol. The van der Waals surface area contributed by atoms with E-state index in [4.69, 9.17) is 4.74 Å². The summed E-state index contributed by atoms with van der Waals surface area (Å²) in [6.45, 7) is 2.21. The summed E-state index contributed by atoms with van der Waals surface area (Å²) in [7, 11) is 1.64. The van der Waals surface area contributed by atoms with E-state index in [9.17, 15) is 0 Å². The molecule has 0 aliphatic carbocycles. The van der Waals surface area contributed by atoms with Gasteiger partial charge in [0.05, 0.1) is 26.4 Å². The Bertz CT molecular complexity index is 679. The summed E-state index contributed by atoms with van der Waals surface area (Å²) in [5.74, 6) is 1.68. The highest BCUT2D eigenvalue weighted by atomic mass is 32.1. The molecule has 3 heterocycles. The van der Waals surface area contributed by atoms with Gasteiger partial charge in [-0.25, -0.2) is 0 Å². The third-order valence-electron chi connectivity index (χ3n) is 3.29. The minimum Gasteiger partial charge on any atom is -0.495 e. The second-order valence-corrected chi connectivity index (χ2v) is 5.86. The molecule has 0 spiro atoms. The highest BCUT2D eigenvalue weighted by molar-refractivity contribution is 7.09. The molecule has 6 heteroatoms. The van der Waals surface area contributed by atoms with Crippen LogP contribution in [-0.2, 0) is 6.54 Å². The summed E-state index contributed by atoms with van der Waals surface area (Å²) in [6.07, 6.45) is 5.62. The highest BCUT2D eigenvalue weighted by Crippen LogP contribution is 2.17. The van der Waals surface area contributed by atoms with Gasteiger partial charge in [-0.2, -0.15) is 0 Å². The minimum atomic E-state index is 0.700. The molecular weight excluding hydrogens is 296 g/mol. The predicted octanol–water partition coefficient (Wildman–Crippen LogP) is 2.28. The number of thiophene rings is 1. The van der Waals surface area contributed by atoms with Crippen molar-refractivity contribution >= 4 is 22.9 Å². The molecule has 114 valence electrons. The van der Waals surface area contributed by atoms with E-state index in [1.807, 2.05) is 18.3 Å². The van der Waals surface area contributed by atoms with Crippen molar-refractivity contribution in [1.29, 1.82) is 0 Å². The van der Waals surface area contributed by atoms with E-state index in [1.165, 1.54) is 4.88 Å². The molecule has 0 fully saturated rings. The molecule has 2 aromatic rings. The third-order valence-corrected chi connectivity index (χ3v) is 4.15. The quantitative estimate of drug-likeness (QED) is 0.909. The Kier molecular flexibility index (Phi) is 4.82. The standard InChI is InChI=1S/C16H18N4OS/c1-21-13-7-12(8-18-9-13)15-4-5-17-11-16(20-15)19-10-14-3-2-6-22-14/h2-4,6-9,17H,5,10-11H2,1H3,(H,19,20). The van der Waals surface area contributed by atoms with Gasteiger partial charge in [-0.15, -0.1) is 11.3 Å². The van der Waals surface area contributed by atoms with Crippen LogP contribution < -0.4 is 15.4 Å². The van der Waals surface area contributed by atoms with Crippen LogP contribution in [0.2, 0.25) is 0 Å². The first kappa shape index (κ1) is 14.7. The predicted molar refractivity (Wildman–Crippen MR) is 90.2 cm³/mol. The molecule has 0 saturated heterocycles. The number of hydrogen-bond donors (Lipinski definition) is 2. The fourth-order valence-electron chi connectivity index (χ4n) is 2.15. The SMILES string of the molecule is COc1cncc(C2=CCNCC(=NCc3cccs3)N2)c1. The fraction of sp³-hybridized carbons (Fsp3) is 0.250. The maximum Gasteiger partial charge on any atom is 0.137 e. The van der Waals surface area contributed by atoms with E-state index in [1.54, 1.807) is 24.6 Å². The van der Waals surface area contributed by atoms with E-state index < -0.39 is 0 Å². The van der Waals surface area contributed by atoms with Gasteiger partial charge in [0, 0.05) is 28.9 Å². The summed E-state index contributed by atoms with van der Waals surface area (Å²) in [5.41, 5.74) is 1.99. The normalized spacial score (nSPS) is 16.8. The number of aromatic nitrogens is 1. The number of ether oxygens (including phenoxy) is 1. The molecule has 1 aliphatic heterocycles. The van der Waals surface area contributed by atoms with Gasteiger partial charge in [-0.1, -0.05) is 6.07 Å². The zero-order chi connectivity index (χ0) is 15.2. The van der Waals surface area contributed by atoms with Gasteiger partial charge in [0.2, 0.25) is 0 Å². The lowest BCUT2D eigenvalue weighted by Crippen LogP contribution is -2.30. The molecule has 0 unspecified atom stereocenters. The number of methoxy groups -OCH3 is 1. The summed E-state index contributed by atoms with van der Waals surface area (Å²) in [5, 5.41) is 8.81. The van der Waals surface area contributed by atoms with Gasteiger partial charge in [-0.3, -0.25) is 9.98 Å². The number of hydrogen-bond acceptors (Lipinski definition) is 5. The van der Waals surface area contributed by atoms with Crippen molar-refractivity contribution in [3.63, 3.8) is 0 Å². The van der Waals surface area contributed by atoms with Crippen LogP contribution in [0.3, 0.4) is 0 Å². The number of aliphatic imine (C=N–C) groups is 1. The summed E-state index contributed by atoms with van der Waals surface area (Å²) >= 11 is 1.72. The largest absolute Gasteiger partial charge is 0.495 e. The van der Waals surface area contributed by atoms with Crippen LogP contribution in [0.1, 0.15) is 10.4 Å². The van der Waals surface area contributed by atoms with Gasteiger partial charge in [0.25, 0.3) is 0 Å². The van der Waals surface area contributed by atoms with Crippen LogP contribution in [0, 0.1) is 0 Å². The molecule has 0 amide bonds. The Morgan fingerprint density at radius 1 is 1.41 bits per heavy atom. The van der Waals surface area contributed by atoms with E-state index in [2.05, 4.69) is 38.1 Å². The maximum atomic E-state index is 5.24. The molecule has 22 heavy (non-hydrogen) atoms. The van der Waals surface area contributed by atoms with Crippen molar-refractivity contribution in [3.8, 4) is 5.75 Å². The number of rotatable bonds is 4. The molecule has 3 rings (SSSR count). The van der Waals surface area contributed by atoms with Crippen LogP contribution in [0.25, 0.3) is 5.70 Å². The van der Waals surface area contributed by atoms with Crippen LogP contribution in [-0.4, -0.2) is 31.0 Å². The van der Waals surface area contributed by atoms with Crippen molar-refractivity contribution in [1.82, 2.24) is 15.6 Å². The number of nitrogens with one attached hydrogen (secondary N) is 2. The lowest BCUT2D eigenvalue weighted by Gasteiger charge is -2.11. The van der Waals surface area contributed by atoms with E-state index in [0.29, 0.717) is 6.54 Å². The minimum absolute atomic E-state index is 0.700. The Morgan fingerprint density at radius 3 is 3.18 bits per heavy atom. The van der Waals surface area contributed by atoms with Crippen molar-refractivity contribution in [3.05, 3.63) is 52.5 Å². The highest BCUT2D eigenvalue weighted by Gasteiger charge is 2.10. The molecule has 2 N–H and O–H groups in total. The smallest absolute Gasteiger partial charge is 0.137 e. The molecule has 1 aliphatic rings. The first-order chi connectivity index (χ1) is 10.8. The zero-order valence-electron chi connectivity index (χ0n) is 12.4. The Morgan fingerprint density at radius 2 is 2.36 bits per heavy atom. The Labute approximate surface area is 133 Å². The number of amidine groups is 1.